The third-order valence-corrected chi connectivity index (χ3v) is 5.75. The fourth-order valence-corrected chi connectivity index (χ4v) is 3.89. The number of hydrogen-bond acceptors (Lipinski definition) is 5. The zero-order valence-electron chi connectivity index (χ0n) is 16.5. The van der Waals surface area contributed by atoms with E-state index in [1.165, 1.54) is 0 Å². The smallest absolute Gasteiger partial charge is 0.228 e. The van der Waals surface area contributed by atoms with Gasteiger partial charge in [-0.2, -0.15) is 0 Å². The molecule has 2 saturated heterocycles. The molecule has 2 heterocycles. The highest BCUT2D eigenvalue weighted by molar-refractivity contribution is 6.00. The van der Waals surface area contributed by atoms with Crippen LogP contribution in [0.3, 0.4) is 0 Å². The van der Waals surface area contributed by atoms with Crippen molar-refractivity contribution in [2.24, 2.45) is 17.1 Å². The van der Waals surface area contributed by atoms with Crippen molar-refractivity contribution in [1.29, 1.82) is 0 Å². The number of carbonyl (C=O) groups is 2. The highest BCUT2D eigenvalue weighted by Crippen LogP contribution is 2.34. The van der Waals surface area contributed by atoms with Gasteiger partial charge in [-0.3, -0.25) is 9.59 Å². The summed E-state index contributed by atoms with van der Waals surface area (Å²) in [5, 5.41) is 0. The summed E-state index contributed by atoms with van der Waals surface area (Å²) in [4.78, 5) is 29.1. The van der Waals surface area contributed by atoms with Crippen LogP contribution in [0.1, 0.15) is 26.7 Å². The maximum absolute atomic E-state index is 13.0. The molecule has 0 bridgehead atoms. The summed E-state index contributed by atoms with van der Waals surface area (Å²) in [6.45, 7) is 5.83. The SMILES string of the molecule is COc1cc(OC)cc(N2CC(C(=O)N3CCC(N)C(C)(C)C3)CC2=O)c1. The van der Waals surface area contributed by atoms with Crippen molar-refractivity contribution in [1.82, 2.24) is 4.90 Å². The molecule has 2 unspecified atom stereocenters. The van der Waals surface area contributed by atoms with E-state index < -0.39 is 0 Å². The van der Waals surface area contributed by atoms with Crippen LogP contribution in [0.25, 0.3) is 0 Å². The molecule has 0 radical (unpaired) electrons. The molecule has 7 nitrogen and oxygen atoms in total. The van der Waals surface area contributed by atoms with Crippen LogP contribution in [0.5, 0.6) is 11.5 Å². The van der Waals surface area contributed by atoms with Crippen LogP contribution < -0.4 is 20.1 Å². The number of benzene rings is 1. The molecule has 0 aromatic heterocycles. The second-order valence-electron chi connectivity index (χ2n) is 8.12. The normalized spacial score (nSPS) is 24.9. The Hall–Kier alpha value is -2.28. The minimum absolute atomic E-state index is 0.0423. The Balaban J connectivity index is 1.75. The first-order valence-electron chi connectivity index (χ1n) is 9.33. The molecule has 148 valence electrons. The summed E-state index contributed by atoms with van der Waals surface area (Å²) >= 11 is 0. The standard InChI is InChI=1S/C20H29N3O4/c1-20(2)12-22(6-5-17(20)21)19(25)13-7-18(24)23(11-13)14-8-15(26-3)10-16(9-14)27-4/h8-10,13,17H,5-7,11-12,21H2,1-4H3. The number of likely N-dealkylation sites (tertiary alicyclic amines) is 1. The maximum Gasteiger partial charge on any atom is 0.228 e. The maximum atomic E-state index is 13.0. The number of ether oxygens (including phenoxy) is 2. The van der Waals surface area contributed by atoms with E-state index in [4.69, 9.17) is 15.2 Å². The molecule has 2 aliphatic heterocycles. The lowest BCUT2D eigenvalue weighted by Gasteiger charge is -2.43. The van der Waals surface area contributed by atoms with Crippen LogP contribution in [-0.2, 0) is 9.59 Å². The zero-order chi connectivity index (χ0) is 19.8. The van der Waals surface area contributed by atoms with Crippen molar-refractivity contribution in [3.05, 3.63) is 18.2 Å². The minimum atomic E-state index is -0.333. The summed E-state index contributed by atoms with van der Waals surface area (Å²) in [5.41, 5.74) is 6.75. The molecule has 2 amide bonds. The van der Waals surface area contributed by atoms with Crippen LogP contribution in [0, 0.1) is 11.3 Å². The fourth-order valence-electron chi connectivity index (χ4n) is 3.89. The van der Waals surface area contributed by atoms with E-state index >= 15 is 0 Å². The monoisotopic (exact) mass is 375 g/mol. The highest BCUT2D eigenvalue weighted by Gasteiger charge is 2.41. The van der Waals surface area contributed by atoms with Crippen molar-refractivity contribution in [2.75, 3.05) is 38.8 Å². The second kappa shape index (κ2) is 7.38. The summed E-state index contributed by atoms with van der Waals surface area (Å²) in [5.74, 6) is 0.870. The Morgan fingerprint density at radius 2 is 1.81 bits per heavy atom. The lowest BCUT2D eigenvalue weighted by molar-refractivity contribution is -0.139. The summed E-state index contributed by atoms with van der Waals surface area (Å²) in [7, 11) is 3.14. The van der Waals surface area contributed by atoms with Gasteiger partial charge in [0.25, 0.3) is 0 Å². The van der Waals surface area contributed by atoms with E-state index in [1.54, 1.807) is 37.3 Å². The molecule has 27 heavy (non-hydrogen) atoms. The number of rotatable bonds is 4. The molecule has 0 spiro atoms. The van der Waals surface area contributed by atoms with Gasteiger partial charge in [-0.1, -0.05) is 13.8 Å². The molecule has 2 fully saturated rings. The van der Waals surface area contributed by atoms with Crippen LogP contribution in [0.4, 0.5) is 5.69 Å². The van der Waals surface area contributed by atoms with Crippen molar-refractivity contribution in [3.63, 3.8) is 0 Å². The van der Waals surface area contributed by atoms with E-state index in [1.807, 2.05) is 4.90 Å². The van der Waals surface area contributed by atoms with Crippen LogP contribution in [0.2, 0.25) is 0 Å². The van der Waals surface area contributed by atoms with Gasteiger partial charge in [-0.25, -0.2) is 0 Å². The Morgan fingerprint density at radius 1 is 1.19 bits per heavy atom. The van der Waals surface area contributed by atoms with Gasteiger partial charge in [-0.15, -0.1) is 0 Å². The zero-order valence-corrected chi connectivity index (χ0v) is 16.5. The van der Waals surface area contributed by atoms with Crippen LogP contribution in [0.15, 0.2) is 18.2 Å². The number of amides is 2. The average molecular weight is 375 g/mol. The molecule has 0 aliphatic carbocycles. The largest absolute Gasteiger partial charge is 0.497 e. The van der Waals surface area contributed by atoms with Gasteiger partial charge in [0.2, 0.25) is 11.8 Å². The van der Waals surface area contributed by atoms with Gasteiger partial charge in [-0.05, 0) is 11.8 Å². The van der Waals surface area contributed by atoms with Gasteiger partial charge in [0.05, 0.1) is 25.8 Å². The molecule has 0 saturated carbocycles. The topological polar surface area (TPSA) is 85.1 Å². The Bertz CT molecular complexity index is 712. The third kappa shape index (κ3) is 3.88. The van der Waals surface area contributed by atoms with Crippen LogP contribution in [-0.4, -0.2) is 56.6 Å². The molecular weight excluding hydrogens is 346 g/mol. The minimum Gasteiger partial charge on any atom is -0.497 e. The predicted octanol–water partition coefficient (Wildman–Crippen LogP) is 1.64. The number of carbonyl (C=O) groups excluding carboxylic acids is 2. The molecule has 1 aromatic carbocycles. The average Bonchev–Trinajstić information content (AvgIpc) is 3.04. The van der Waals surface area contributed by atoms with Gasteiger partial charge in [0, 0.05) is 50.3 Å². The van der Waals surface area contributed by atoms with Gasteiger partial charge >= 0.3 is 0 Å². The van der Waals surface area contributed by atoms with E-state index in [9.17, 15) is 9.59 Å². The quantitative estimate of drug-likeness (QED) is 0.865. The fraction of sp³-hybridized carbons (Fsp3) is 0.600. The van der Waals surface area contributed by atoms with E-state index in [0.717, 1.165) is 6.42 Å². The molecule has 7 heteroatoms. The van der Waals surface area contributed by atoms with Crippen molar-refractivity contribution >= 4 is 17.5 Å². The van der Waals surface area contributed by atoms with Crippen molar-refractivity contribution in [2.45, 2.75) is 32.7 Å². The summed E-state index contributed by atoms with van der Waals surface area (Å²) < 4.78 is 10.6. The number of piperidine rings is 1. The van der Waals surface area contributed by atoms with E-state index in [-0.39, 0.29) is 35.6 Å². The van der Waals surface area contributed by atoms with E-state index in [0.29, 0.717) is 36.8 Å². The van der Waals surface area contributed by atoms with Crippen molar-refractivity contribution in [3.8, 4) is 11.5 Å². The van der Waals surface area contributed by atoms with E-state index in [2.05, 4.69) is 13.8 Å². The summed E-state index contributed by atoms with van der Waals surface area (Å²) in [6, 6.07) is 5.42. The second-order valence-corrected chi connectivity index (χ2v) is 8.12. The number of hydrogen-bond donors (Lipinski definition) is 1. The Labute approximate surface area is 160 Å². The molecule has 3 rings (SSSR count). The Morgan fingerprint density at radius 3 is 2.37 bits per heavy atom. The van der Waals surface area contributed by atoms with Gasteiger partial charge in [0.15, 0.2) is 0 Å². The molecule has 2 aliphatic rings. The Kier molecular flexibility index (Phi) is 5.33. The summed E-state index contributed by atoms with van der Waals surface area (Å²) in [6.07, 6.45) is 1.01. The lowest BCUT2D eigenvalue weighted by atomic mass is 9.79. The first kappa shape index (κ1) is 19.5. The number of nitrogens with two attached hydrogens (primary N) is 1. The first-order valence-corrected chi connectivity index (χ1v) is 9.33. The predicted molar refractivity (Wildman–Crippen MR) is 103 cm³/mol. The third-order valence-electron chi connectivity index (χ3n) is 5.75. The lowest BCUT2D eigenvalue weighted by Crippen LogP contribution is -2.55. The molecule has 2 N–H and O–H groups in total. The van der Waals surface area contributed by atoms with Crippen LogP contribution >= 0.6 is 0 Å². The highest BCUT2D eigenvalue weighted by atomic mass is 16.5. The van der Waals surface area contributed by atoms with Gasteiger partial charge in [0.1, 0.15) is 11.5 Å². The first-order chi connectivity index (χ1) is 12.7. The van der Waals surface area contributed by atoms with Gasteiger partial charge < -0.3 is 25.0 Å². The number of anilines is 1. The molecular formula is C20H29N3O4. The number of methoxy groups -OCH3 is 2. The molecule has 1 aromatic rings. The molecule has 2 atom stereocenters. The van der Waals surface area contributed by atoms with Crippen molar-refractivity contribution < 1.29 is 19.1 Å². The number of nitrogens with zero attached hydrogens (tertiary/aromatic N) is 2.